The van der Waals surface area contributed by atoms with Crippen molar-refractivity contribution in [3.63, 3.8) is 0 Å². The van der Waals surface area contributed by atoms with Crippen molar-refractivity contribution in [2.45, 2.75) is 123 Å². The summed E-state index contributed by atoms with van der Waals surface area (Å²) in [6, 6.07) is 0. The van der Waals surface area contributed by atoms with Crippen molar-refractivity contribution in [1.29, 1.82) is 0 Å². The Bertz CT molecular complexity index is 697. The summed E-state index contributed by atoms with van der Waals surface area (Å²) in [5.74, 6) is 3.30. The molecule has 164 valence electrons. The van der Waals surface area contributed by atoms with E-state index in [9.17, 15) is 5.11 Å². The van der Waals surface area contributed by atoms with Gasteiger partial charge in [0, 0.05) is 5.41 Å². The van der Waals surface area contributed by atoms with Crippen LogP contribution in [0.1, 0.15) is 105 Å². The molecule has 3 saturated carbocycles. The van der Waals surface area contributed by atoms with Crippen LogP contribution < -0.4 is 0 Å². The summed E-state index contributed by atoms with van der Waals surface area (Å²) in [5, 5.41) is 10.3. The summed E-state index contributed by atoms with van der Waals surface area (Å²) in [6.45, 7) is 12.4. The Morgan fingerprint density at radius 1 is 1.07 bits per heavy atom. The number of aliphatic hydroxyl groups is 1. The van der Waals surface area contributed by atoms with E-state index in [0.717, 1.165) is 49.4 Å². The predicted octanol–water partition coefficient (Wildman–Crippen LogP) is 6.66. The second-order valence-electron chi connectivity index (χ2n) is 12.5. The van der Waals surface area contributed by atoms with Crippen LogP contribution >= 0.6 is 0 Å². The molecule has 0 bridgehead atoms. The lowest BCUT2D eigenvalue weighted by molar-refractivity contribution is 0.00199. The van der Waals surface area contributed by atoms with E-state index in [2.05, 4.69) is 40.7 Å². The zero-order valence-corrected chi connectivity index (χ0v) is 19.6. The Morgan fingerprint density at radius 2 is 1.86 bits per heavy atom. The molecule has 0 radical (unpaired) electrons. The van der Waals surface area contributed by atoms with E-state index in [0.29, 0.717) is 5.41 Å². The highest BCUT2D eigenvalue weighted by molar-refractivity contribution is 5.42. The predicted molar refractivity (Wildman–Crippen MR) is 119 cm³/mol. The van der Waals surface area contributed by atoms with Crippen molar-refractivity contribution >= 4 is 0 Å². The maximum atomic E-state index is 10.3. The quantitative estimate of drug-likeness (QED) is 0.413. The lowest BCUT2D eigenvalue weighted by Gasteiger charge is -2.54. The summed E-state index contributed by atoms with van der Waals surface area (Å²) in [6.07, 6.45) is 16.0. The van der Waals surface area contributed by atoms with Crippen LogP contribution in [0, 0.1) is 34.5 Å². The number of fused-ring (bicyclic) bond motifs is 2. The van der Waals surface area contributed by atoms with Crippen molar-refractivity contribution in [2.75, 3.05) is 0 Å². The van der Waals surface area contributed by atoms with E-state index in [1.54, 1.807) is 0 Å². The summed E-state index contributed by atoms with van der Waals surface area (Å²) in [4.78, 5) is 0. The van der Waals surface area contributed by atoms with E-state index in [1.165, 1.54) is 50.5 Å². The Labute approximate surface area is 178 Å². The third-order valence-electron chi connectivity index (χ3n) is 10.8. The van der Waals surface area contributed by atoms with Crippen LogP contribution in [-0.2, 0) is 4.74 Å². The smallest absolute Gasteiger partial charge is 0.108 e. The molecule has 0 aromatic heterocycles. The van der Waals surface area contributed by atoms with Gasteiger partial charge in [0.05, 0.1) is 6.10 Å². The highest BCUT2D eigenvalue weighted by atomic mass is 16.6. The van der Waals surface area contributed by atoms with Gasteiger partial charge in [0.15, 0.2) is 0 Å². The average Bonchev–Trinajstić information content (AvgIpc) is 3.24. The Balaban J connectivity index is 1.38. The fourth-order valence-electron chi connectivity index (χ4n) is 9.17. The number of rotatable bonds is 5. The second kappa shape index (κ2) is 6.58. The highest BCUT2D eigenvalue weighted by Crippen LogP contribution is 2.80. The molecule has 2 nitrogen and oxygen atoms in total. The topological polar surface area (TPSA) is 32.8 Å². The molecule has 0 spiro atoms. The molecule has 1 heterocycles. The second-order valence-corrected chi connectivity index (χ2v) is 12.5. The molecule has 1 aliphatic heterocycles. The Kier molecular flexibility index (Phi) is 4.66. The fraction of sp³-hybridized carbons (Fsp3) is 0.926. The molecule has 0 unspecified atom stereocenters. The van der Waals surface area contributed by atoms with Crippen LogP contribution in [0.15, 0.2) is 11.6 Å². The van der Waals surface area contributed by atoms with E-state index >= 15 is 0 Å². The summed E-state index contributed by atoms with van der Waals surface area (Å²) < 4.78 is 7.01. The lowest BCUT2D eigenvalue weighted by Crippen LogP contribution is -2.56. The minimum Gasteiger partial charge on any atom is -0.393 e. The standard InChI is InChI=1S/C27H44O2/c1-18(2)7-6-8-19(3)22-9-10-23-24(22,4)15-16-27-25(5)13-12-21(28)17-20(25)11-14-26(23,27)29-27/h11,18-19,21-23,28H,6-10,12-17H2,1-5H3/t19-,21+,22-,23-,24-,25+,26+,27+/m1/s1. The van der Waals surface area contributed by atoms with Crippen LogP contribution in [0.5, 0.6) is 0 Å². The van der Waals surface area contributed by atoms with Crippen LogP contribution in [0.4, 0.5) is 0 Å². The van der Waals surface area contributed by atoms with Gasteiger partial charge in [-0.25, -0.2) is 0 Å². The molecule has 0 amide bonds. The zero-order chi connectivity index (χ0) is 20.7. The average molecular weight is 401 g/mol. The molecule has 1 saturated heterocycles. The maximum absolute atomic E-state index is 10.3. The highest BCUT2D eigenvalue weighted by Gasteiger charge is 2.84. The minimum atomic E-state index is -0.131. The molecular weight excluding hydrogens is 356 g/mol. The first-order valence-electron chi connectivity index (χ1n) is 12.8. The first-order chi connectivity index (χ1) is 13.7. The van der Waals surface area contributed by atoms with Gasteiger partial charge in [-0.1, -0.05) is 65.5 Å². The van der Waals surface area contributed by atoms with Gasteiger partial charge >= 0.3 is 0 Å². The third-order valence-corrected chi connectivity index (χ3v) is 10.8. The molecule has 1 N–H and O–H groups in total. The SMILES string of the molecule is CC(C)CCC[C@@H](C)[C@H]1CC[C@@H]2[C@]1(C)CC[C@@]13O[C@@]21CC=C1C[C@@H](O)CC[C@@]13C. The van der Waals surface area contributed by atoms with E-state index in [4.69, 9.17) is 4.74 Å². The first-order valence-corrected chi connectivity index (χ1v) is 12.8. The number of hydrogen-bond donors (Lipinski definition) is 1. The largest absolute Gasteiger partial charge is 0.393 e. The Morgan fingerprint density at radius 3 is 2.62 bits per heavy atom. The summed E-state index contributed by atoms with van der Waals surface area (Å²) >= 11 is 0. The van der Waals surface area contributed by atoms with Crippen molar-refractivity contribution in [3.05, 3.63) is 11.6 Å². The van der Waals surface area contributed by atoms with Gasteiger partial charge in [-0.2, -0.15) is 0 Å². The van der Waals surface area contributed by atoms with Gasteiger partial charge in [0.25, 0.3) is 0 Å². The zero-order valence-electron chi connectivity index (χ0n) is 19.6. The van der Waals surface area contributed by atoms with Crippen molar-refractivity contribution in [1.82, 2.24) is 0 Å². The summed E-state index contributed by atoms with van der Waals surface area (Å²) in [7, 11) is 0. The number of hydrogen-bond acceptors (Lipinski definition) is 2. The normalized spacial score (nSPS) is 51.6. The van der Waals surface area contributed by atoms with Crippen molar-refractivity contribution in [3.8, 4) is 0 Å². The number of aliphatic hydroxyl groups excluding tert-OH is 1. The Hall–Kier alpha value is -0.340. The van der Waals surface area contributed by atoms with Crippen molar-refractivity contribution < 1.29 is 9.84 Å². The van der Waals surface area contributed by atoms with Crippen molar-refractivity contribution in [2.24, 2.45) is 34.5 Å². The van der Waals surface area contributed by atoms with Gasteiger partial charge in [0.1, 0.15) is 11.2 Å². The maximum Gasteiger partial charge on any atom is 0.108 e. The first kappa shape index (κ1) is 20.6. The molecule has 5 aliphatic rings. The van der Waals surface area contributed by atoms with Gasteiger partial charge < -0.3 is 9.84 Å². The molecule has 4 aliphatic carbocycles. The molecule has 8 atom stereocenters. The van der Waals surface area contributed by atoms with Gasteiger partial charge in [-0.15, -0.1) is 0 Å². The van der Waals surface area contributed by atoms with E-state index in [1.807, 2.05) is 0 Å². The minimum absolute atomic E-state index is 0.0875. The van der Waals surface area contributed by atoms with Gasteiger partial charge in [-0.05, 0) is 80.5 Å². The summed E-state index contributed by atoms with van der Waals surface area (Å²) in [5.41, 5.74) is 2.36. The molecular formula is C27H44O2. The number of epoxide rings is 1. The molecule has 29 heavy (non-hydrogen) atoms. The van der Waals surface area contributed by atoms with Gasteiger partial charge in [0.2, 0.25) is 0 Å². The van der Waals surface area contributed by atoms with Crippen LogP contribution in [0.2, 0.25) is 0 Å². The fourth-order valence-corrected chi connectivity index (χ4v) is 9.17. The molecule has 5 rings (SSSR count). The van der Waals surface area contributed by atoms with Crippen LogP contribution in [0.3, 0.4) is 0 Å². The monoisotopic (exact) mass is 400 g/mol. The molecule has 2 heteroatoms. The molecule has 0 aromatic rings. The molecule has 0 aromatic carbocycles. The third kappa shape index (κ3) is 2.60. The van der Waals surface area contributed by atoms with Gasteiger partial charge in [-0.3, -0.25) is 0 Å². The van der Waals surface area contributed by atoms with E-state index < -0.39 is 0 Å². The van der Waals surface area contributed by atoms with Crippen LogP contribution in [0.25, 0.3) is 0 Å². The van der Waals surface area contributed by atoms with E-state index in [-0.39, 0.29) is 22.7 Å². The lowest BCUT2D eigenvalue weighted by atomic mass is 9.47. The van der Waals surface area contributed by atoms with Crippen LogP contribution in [-0.4, -0.2) is 22.4 Å². The number of ether oxygens (including phenoxy) is 1. The molecule has 4 fully saturated rings.